The Hall–Kier alpha value is -4.60. The number of aromatic nitrogens is 2. The fourth-order valence-electron chi connectivity index (χ4n) is 3.59. The number of amides is 2. The van der Waals surface area contributed by atoms with Gasteiger partial charge in [-0.3, -0.25) is 14.9 Å². The minimum Gasteiger partial charge on any atom is -0.474 e. The first-order valence-corrected chi connectivity index (χ1v) is 12.7. The van der Waals surface area contributed by atoms with Crippen molar-refractivity contribution in [3.8, 4) is 11.3 Å². The molecule has 0 unspecified atom stereocenters. The maximum absolute atomic E-state index is 12.5. The second-order valence-electron chi connectivity index (χ2n) is 9.70. The van der Waals surface area contributed by atoms with Gasteiger partial charge in [0.05, 0.1) is 18.8 Å². The maximum Gasteiger partial charge on any atom is 0.411 e. The highest BCUT2D eigenvalue weighted by Gasteiger charge is 2.12. The number of carbonyl (C=O) groups is 2. The van der Waals surface area contributed by atoms with Crippen molar-refractivity contribution in [1.29, 1.82) is 0 Å². The third-order valence-corrected chi connectivity index (χ3v) is 5.22. The van der Waals surface area contributed by atoms with Gasteiger partial charge in [-0.25, -0.2) is 9.48 Å². The molecular formula is C29H35N5O5. The van der Waals surface area contributed by atoms with Gasteiger partial charge in [0.15, 0.2) is 5.88 Å². The minimum atomic E-state index is -0.542. The largest absolute Gasteiger partial charge is 0.474 e. The van der Waals surface area contributed by atoms with Gasteiger partial charge in [0.1, 0.15) is 5.60 Å². The van der Waals surface area contributed by atoms with Crippen molar-refractivity contribution in [2.45, 2.75) is 46.3 Å². The zero-order chi connectivity index (χ0) is 28.4. The Kier molecular flexibility index (Phi) is 9.86. The summed E-state index contributed by atoms with van der Waals surface area (Å²) >= 11 is 0. The van der Waals surface area contributed by atoms with Crippen LogP contribution >= 0.6 is 0 Å². The SMILES string of the molecule is C=C(NCCC(=O)Nc1ccc(-c2ccc(=O)n(Cc3cccc(NC(=O)OCC)c3)n2)cc1)OC(C)(C)C. The van der Waals surface area contributed by atoms with Crippen LogP contribution in [-0.2, 0) is 20.8 Å². The van der Waals surface area contributed by atoms with Gasteiger partial charge >= 0.3 is 6.09 Å². The molecule has 0 aliphatic heterocycles. The van der Waals surface area contributed by atoms with E-state index in [-0.39, 0.29) is 36.6 Å². The van der Waals surface area contributed by atoms with E-state index in [0.717, 1.165) is 11.1 Å². The van der Waals surface area contributed by atoms with Crippen LogP contribution in [0.2, 0.25) is 0 Å². The van der Waals surface area contributed by atoms with Crippen LogP contribution in [0, 0.1) is 0 Å². The Bertz CT molecular complexity index is 1360. The molecule has 0 radical (unpaired) electrons. The Balaban J connectivity index is 1.60. The van der Waals surface area contributed by atoms with Gasteiger partial charge < -0.3 is 20.1 Å². The molecule has 0 bridgehead atoms. The Labute approximate surface area is 228 Å². The zero-order valence-electron chi connectivity index (χ0n) is 22.7. The molecule has 2 amide bonds. The van der Waals surface area contributed by atoms with E-state index in [4.69, 9.17) is 9.47 Å². The summed E-state index contributed by atoms with van der Waals surface area (Å²) in [6, 6.07) is 17.5. The Morgan fingerprint density at radius 2 is 1.74 bits per heavy atom. The van der Waals surface area contributed by atoms with Crippen LogP contribution < -0.4 is 21.5 Å². The van der Waals surface area contributed by atoms with E-state index in [0.29, 0.717) is 29.5 Å². The van der Waals surface area contributed by atoms with Gasteiger partial charge in [-0.05, 0) is 70.2 Å². The zero-order valence-corrected chi connectivity index (χ0v) is 22.7. The fraction of sp³-hybridized carbons (Fsp3) is 0.310. The molecule has 10 nitrogen and oxygen atoms in total. The topological polar surface area (TPSA) is 124 Å². The first kappa shape index (κ1) is 29.0. The molecule has 0 aliphatic rings. The van der Waals surface area contributed by atoms with E-state index in [1.165, 1.54) is 10.7 Å². The number of anilines is 2. The Morgan fingerprint density at radius 3 is 2.44 bits per heavy atom. The normalized spacial score (nSPS) is 10.9. The molecule has 0 spiro atoms. The van der Waals surface area contributed by atoms with Gasteiger partial charge in [-0.2, -0.15) is 5.10 Å². The van der Waals surface area contributed by atoms with Crippen LogP contribution in [0.3, 0.4) is 0 Å². The van der Waals surface area contributed by atoms with E-state index in [1.54, 1.807) is 43.3 Å². The highest BCUT2D eigenvalue weighted by molar-refractivity contribution is 5.91. The lowest BCUT2D eigenvalue weighted by molar-refractivity contribution is -0.116. The number of hydrogen-bond acceptors (Lipinski definition) is 7. The second-order valence-corrected chi connectivity index (χ2v) is 9.70. The second kappa shape index (κ2) is 13.3. The summed E-state index contributed by atoms with van der Waals surface area (Å²) in [6.45, 7) is 12.2. The lowest BCUT2D eigenvalue weighted by Crippen LogP contribution is -2.27. The molecule has 0 saturated heterocycles. The number of nitrogens with one attached hydrogen (secondary N) is 3. The van der Waals surface area contributed by atoms with Crippen molar-refractivity contribution < 1.29 is 19.1 Å². The number of ether oxygens (including phenoxy) is 2. The van der Waals surface area contributed by atoms with Crippen LogP contribution in [0.15, 0.2) is 77.9 Å². The molecule has 10 heteroatoms. The Morgan fingerprint density at radius 1 is 1.00 bits per heavy atom. The first-order valence-electron chi connectivity index (χ1n) is 12.7. The van der Waals surface area contributed by atoms with Gasteiger partial charge in [-0.15, -0.1) is 0 Å². The highest BCUT2D eigenvalue weighted by Crippen LogP contribution is 2.19. The quantitative estimate of drug-likeness (QED) is 0.304. The van der Waals surface area contributed by atoms with Crippen LogP contribution in [0.5, 0.6) is 0 Å². The summed E-state index contributed by atoms with van der Waals surface area (Å²) in [5.74, 6) is 0.277. The van der Waals surface area contributed by atoms with E-state index in [2.05, 4.69) is 27.6 Å². The van der Waals surface area contributed by atoms with Crippen LogP contribution in [-0.4, -0.2) is 40.5 Å². The smallest absolute Gasteiger partial charge is 0.411 e. The van der Waals surface area contributed by atoms with Crippen LogP contribution in [0.4, 0.5) is 16.2 Å². The number of benzene rings is 2. The molecule has 0 fully saturated rings. The van der Waals surface area contributed by atoms with Gasteiger partial charge in [0.25, 0.3) is 5.56 Å². The number of rotatable bonds is 11. The molecule has 3 N–H and O–H groups in total. The average molecular weight is 534 g/mol. The lowest BCUT2D eigenvalue weighted by Gasteiger charge is -2.23. The monoisotopic (exact) mass is 533 g/mol. The fourth-order valence-corrected chi connectivity index (χ4v) is 3.59. The van der Waals surface area contributed by atoms with Crippen LogP contribution in [0.25, 0.3) is 11.3 Å². The van der Waals surface area contributed by atoms with Crippen molar-refractivity contribution in [2.24, 2.45) is 0 Å². The average Bonchev–Trinajstić information content (AvgIpc) is 2.85. The van der Waals surface area contributed by atoms with Gasteiger partial charge in [0.2, 0.25) is 5.91 Å². The van der Waals surface area contributed by atoms with E-state index < -0.39 is 6.09 Å². The molecule has 0 atom stereocenters. The van der Waals surface area contributed by atoms with Crippen LogP contribution in [0.1, 0.15) is 39.7 Å². The molecule has 39 heavy (non-hydrogen) atoms. The molecular weight excluding hydrogens is 498 g/mol. The van der Waals surface area contributed by atoms with Crippen molar-refractivity contribution >= 4 is 23.4 Å². The number of nitrogens with zero attached hydrogens (tertiary/aromatic N) is 2. The lowest BCUT2D eigenvalue weighted by atomic mass is 10.1. The highest BCUT2D eigenvalue weighted by atomic mass is 16.5. The number of hydrogen-bond donors (Lipinski definition) is 3. The maximum atomic E-state index is 12.5. The molecule has 3 aromatic rings. The molecule has 0 aliphatic carbocycles. The third kappa shape index (κ3) is 9.66. The van der Waals surface area contributed by atoms with Crippen molar-refractivity contribution in [2.75, 3.05) is 23.8 Å². The minimum absolute atomic E-state index is 0.148. The molecule has 3 rings (SSSR count). The molecule has 1 aromatic heterocycles. The van der Waals surface area contributed by atoms with Gasteiger partial charge in [0, 0.05) is 36.0 Å². The van der Waals surface area contributed by atoms with Gasteiger partial charge in [-0.1, -0.05) is 24.3 Å². The van der Waals surface area contributed by atoms with Crippen molar-refractivity contribution in [1.82, 2.24) is 15.1 Å². The molecule has 0 saturated carbocycles. The van der Waals surface area contributed by atoms with E-state index in [1.807, 2.05) is 39.0 Å². The van der Waals surface area contributed by atoms with E-state index >= 15 is 0 Å². The van der Waals surface area contributed by atoms with Crippen molar-refractivity contribution in [3.05, 3.63) is 89.0 Å². The summed E-state index contributed by atoms with van der Waals surface area (Å²) in [6.07, 6.45) is -0.294. The summed E-state index contributed by atoms with van der Waals surface area (Å²) in [5, 5.41) is 13.0. The third-order valence-electron chi connectivity index (χ3n) is 5.22. The standard InChI is InChI=1S/C29H35N5O5/c1-6-38-28(37)32-24-9-7-8-21(18-24)19-34-27(36)15-14-25(33-34)22-10-12-23(13-11-22)31-26(35)16-17-30-20(2)39-29(3,4)5/h7-15,18,30H,2,6,16-17,19H2,1,3-5H3,(H,31,35)(H,32,37). The first-order chi connectivity index (χ1) is 18.5. The summed E-state index contributed by atoms with van der Waals surface area (Å²) < 4.78 is 11.9. The predicted octanol–water partition coefficient (Wildman–Crippen LogP) is 4.73. The molecule has 206 valence electrons. The number of carbonyl (C=O) groups excluding carboxylic acids is 2. The summed E-state index contributed by atoms with van der Waals surface area (Å²) in [7, 11) is 0. The molecule has 1 heterocycles. The predicted molar refractivity (Wildman–Crippen MR) is 151 cm³/mol. The van der Waals surface area contributed by atoms with E-state index in [9.17, 15) is 14.4 Å². The van der Waals surface area contributed by atoms with Crippen molar-refractivity contribution in [3.63, 3.8) is 0 Å². The summed E-state index contributed by atoms with van der Waals surface area (Å²) in [5.41, 5.74) is 2.78. The molecule has 2 aromatic carbocycles. The summed E-state index contributed by atoms with van der Waals surface area (Å²) in [4.78, 5) is 36.5.